The van der Waals surface area contributed by atoms with Crippen molar-refractivity contribution in [3.05, 3.63) is 36.9 Å². The van der Waals surface area contributed by atoms with E-state index in [1.54, 1.807) is 22.7 Å². The summed E-state index contributed by atoms with van der Waals surface area (Å²) < 4.78 is 1.16. The van der Waals surface area contributed by atoms with E-state index in [1.807, 2.05) is 6.92 Å². The third-order valence-corrected chi connectivity index (χ3v) is 4.14. The fourth-order valence-electron chi connectivity index (χ4n) is 1.02. The Morgan fingerprint density at radius 2 is 2.21 bits per heavy atom. The molecular formula is C10H8BrNS2. The minimum absolute atomic E-state index is 1.06. The summed E-state index contributed by atoms with van der Waals surface area (Å²) in [5, 5.41) is 3.12. The van der Waals surface area contributed by atoms with E-state index in [0.29, 0.717) is 0 Å². The SMILES string of the molecule is Cc1csc(/C=C/c2ccc(Br)s2)n1. The van der Waals surface area contributed by atoms with Crippen LogP contribution in [0.1, 0.15) is 15.6 Å². The Morgan fingerprint density at radius 1 is 1.36 bits per heavy atom. The fourth-order valence-corrected chi connectivity index (χ4v) is 3.03. The monoisotopic (exact) mass is 285 g/mol. The molecule has 72 valence electrons. The minimum Gasteiger partial charge on any atom is -0.242 e. The molecule has 0 unspecified atom stereocenters. The Labute approximate surface area is 99.3 Å². The number of halogens is 1. The van der Waals surface area contributed by atoms with Crippen LogP contribution in [-0.2, 0) is 0 Å². The van der Waals surface area contributed by atoms with Gasteiger partial charge in [-0.05, 0) is 47.1 Å². The van der Waals surface area contributed by atoms with E-state index >= 15 is 0 Å². The molecule has 0 amide bonds. The molecule has 0 saturated carbocycles. The van der Waals surface area contributed by atoms with E-state index in [1.165, 1.54) is 4.88 Å². The van der Waals surface area contributed by atoms with Crippen molar-refractivity contribution in [1.82, 2.24) is 4.98 Å². The topological polar surface area (TPSA) is 12.9 Å². The van der Waals surface area contributed by atoms with Gasteiger partial charge in [0.15, 0.2) is 0 Å². The van der Waals surface area contributed by atoms with Crippen LogP contribution in [0.5, 0.6) is 0 Å². The predicted molar refractivity (Wildman–Crippen MR) is 67.8 cm³/mol. The number of thiophene rings is 1. The highest BCUT2D eigenvalue weighted by Crippen LogP contribution is 2.24. The molecule has 0 saturated heterocycles. The molecule has 2 aromatic rings. The largest absolute Gasteiger partial charge is 0.242 e. The molecule has 1 nitrogen and oxygen atoms in total. The number of nitrogens with zero attached hydrogens (tertiary/aromatic N) is 1. The van der Waals surface area contributed by atoms with Gasteiger partial charge >= 0.3 is 0 Å². The summed E-state index contributed by atoms with van der Waals surface area (Å²) >= 11 is 6.83. The summed E-state index contributed by atoms with van der Waals surface area (Å²) in [6.07, 6.45) is 4.14. The van der Waals surface area contributed by atoms with Gasteiger partial charge in [0.25, 0.3) is 0 Å². The summed E-state index contributed by atoms with van der Waals surface area (Å²) in [6, 6.07) is 4.14. The first-order chi connectivity index (χ1) is 6.74. The van der Waals surface area contributed by atoms with E-state index in [9.17, 15) is 0 Å². The first-order valence-electron chi connectivity index (χ1n) is 4.09. The lowest BCUT2D eigenvalue weighted by Gasteiger charge is -1.82. The molecule has 14 heavy (non-hydrogen) atoms. The van der Waals surface area contributed by atoms with Gasteiger partial charge in [0.2, 0.25) is 0 Å². The second-order valence-corrected chi connectivity index (χ2v) is 6.19. The molecule has 0 aliphatic carbocycles. The molecule has 0 fully saturated rings. The highest BCUT2D eigenvalue weighted by molar-refractivity contribution is 9.11. The van der Waals surface area contributed by atoms with Crippen LogP contribution in [0.4, 0.5) is 0 Å². The van der Waals surface area contributed by atoms with Crippen LogP contribution < -0.4 is 0 Å². The molecule has 4 heteroatoms. The molecule has 2 heterocycles. The van der Waals surface area contributed by atoms with Gasteiger partial charge in [-0.1, -0.05) is 0 Å². The zero-order valence-electron chi connectivity index (χ0n) is 7.53. The first kappa shape index (κ1) is 10.1. The van der Waals surface area contributed by atoms with Gasteiger partial charge in [0.1, 0.15) is 5.01 Å². The van der Waals surface area contributed by atoms with Crippen LogP contribution in [0.15, 0.2) is 21.3 Å². The van der Waals surface area contributed by atoms with Gasteiger partial charge in [-0.15, -0.1) is 22.7 Å². The van der Waals surface area contributed by atoms with Crippen molar-refractivity contribution in [3.8, 4) is 0 Å². The van der Waals surface area contributed by atoms with Gasteiger partial charge in [-0.2, -0.15) is 0 Å². The van der Waals surface area contributed by atoms with Crippen LogP contribution in [-0.4, -0.2) is 4.98 Å². The third-order valence-electron chi connectivity index (χ3n) is 1.62. The van der Waals surface area contributed by atoms with E-state index < -0.39 is 0 Å². The number of rotatable bonds is 2. The van der Waals surface area contributed by atoms with Crippen molar-refractivity contribution in [2.24, 2.45) is 0 Å². The summed E-state index contributed by atoms with van der Waals surface area (Å²) in [5.74, 6) is 0. The highest BCUT2D eigenvalue weighted by Gasteiger charge is 1.95. The summed E-state index contributed by atoms with van der Waals surface area (Å²) in [7, 11) is 0. The molecule has 0 atom stereocenters. The maximum Gasteiger partial charge on any atom is 0.116 e. The number of hydrogen-bond acceptors (Lipinski definition) is 3. The first-order valence-corrected chi connectivity index (χ1v) is 6.58. The van der Waals surface area contributed by atoms with Crippen LogP contribution in [0.2, 0.25) is 0 Å². The Morgan fingerprint density at radius 3 is 2.79 bits per heavy atom. The van der Waals surface area contributed by atoms with Crippen LogP contribution in [0, 0.1) is 6.92 Å². The highest BCUT2D eigenvalue weighted by atomic mass is 79.9. The van der Waals surface area contributed by atoms with Gasteiger partial charge in [0, 0.05) is 16.0 Å². The van der Waals surface area contributed by atoms with E-state index in [4.69, 9.17) is 0 Å². The molecule has 0 aliphatic rings. The van der Waals surface area contributed by atoms with Crippen molar-refractivity contribution in [2.75, 3.05) is 0 Å². The van der Waals surface area contributed by atoms with Gasteiger partial charge < -0.3 is 0 Å². The lowest BCUT2D eigenvalue weighted by Crippen LogP contribution is -1.69. The van der Waals surface area contributed by atoms with E-state index in [2.05, 4.69) is 50.6 Å². The van der Waals surface area contributed by atoms with Gasteiger partial charge in [0.05, 0.1) is 3.79 Å². The Balaban J connectivity index is 2.14. The Kier molecular flexibility index (Phi) is 3.15. The second-order valence-electron chi connectivity index (χ2n) is 2.80. The summed E-state index contributed by atoms with van der Waals surface area (Å²) in [6.45, 7) is 2.01. The molecule has 2 aromatic heterocycles. The number of aromatic nitrogens is 1. The van der Waals surface area contributed by atoms with Gasteiger partial charge in [-0.25, -0.2) is 4.98 Å². The standard InChI is InChI=1S/C10H8BrNS2/c1-7-6-13-10(12-7)5-3-8-2-4-9(11)14-8/h2-6H,1H3/b5-3+. The van der Waals surface area contributed by atoms with Crippen molar-refractivity contribution in [1.29, 1.82) is 0 Å². The maximum atomic E-state index is 4.36. The molecule has 0 bridgehead atoms. The smallest absolute Gasteiger partial charge is 0.116 e. The molecule has 0 aromatic carbocycles. The molecule has 0 radical (unpaired) electrons. The molecular weight excluding hydrogens is 278 g/mol. The van der Waals surface area contributed by atoms with Crippen molar-refractivity contribution >= 4 is 50.8 Å². The van der Waals surface area contributed by atoms with E-state index in [0.717, 1.165) is 14.5 Å². The zero-order valence-corrected chi connectivity index (χ0v) is 10.7. The molecule has 2 rings (SSSR count). The summed E-state index contributed by atoms with van der Waals surface area (Å²) in [5.41, 5.74) is 1.09. The van der Waals surface area contributed by atoms with Crippen LogP contribution in [0.3, 0.4) is 0 Å². The average Bonchev–Trinajstić information content (AvgIpc) is 2.72. The average molecular weight is 286 g/mol. The predicted octanol–water partition coefficient (Wildman–Crippen LogP) is 4.45. The summed E-state index contributed by atoms with van der Waals surface area (Å²) in [4.78, 5) is 5.60. The van der Waals surface area contributed by atoms with Crippen molar-refractivity contribution < 1.29 is 0 Å². The lowest BCUT2D eigenvalue weighted by molar-refractivity contribution is 1.25. The third kappa shape index (κ3) is 2.53. The Bertz CT molecular complexity index is 414. The fraction of sp³-hybridized carbons (Fsp3) is 0.100. The molecule has 0 N–H and O–H groups in total. The van der Waals surface area contributed by atoms with Crippen LogP contribution >= 0.6 is 38.6 Å². The quantitative estimate of drug-likeness (QED) is 0.795. The number of thiazole rings is 1. The maximum absolute atomic E-state index is 4.36. The number of aryl methyl sites for hydroxylation is 1. The minimum atomic E-state index is 1.06. The van der Waals surface area contributed by atoms with Crippen molar-refractivity contribution in [2.45, 2.75) is 6.92 Å². The van der Waals surface area contributed by atoms with Crippen molar-refractivity contribution in [3.63, 3.8) is 0 Å². The molecule has 0 spiro atoms. The zero-order chi connectivity index (χ0) is 9.97. The molecule has 0 aliphatic heterocycles. The Hall–Kier alpha value is -0.450. The number of hydrogen-bond donors (Lipinski definition) is 0. The van der Waals surface area contributed by atoms with E-state index in [-0.39, 0.29) is 0 Å². The van der Waals surface area contributed by atoms with Crippen LogP contribution in [0.25, 0.3) is 12.2 Å². The lowest BCUT2D eigenvalue weighted by atomic mass is 10.4. The second kappa shape index (κ2) is 4.38. The normalized spacial score (nSPS) is 11.3. The van der Waals surface area contributed by atoms with Gasteiger partial charge in [-0.3, -0.25) is 0 Å².